The van der Waals surface area contributed by atoms with Crippen molar-refractivity contribution in [3.8, 4) is 0 Å². The van der Waals surface area contributed by atoms with E-state index in [-0.39, 0.29) is 11.6 Å². The van der Waals surface area contributed by atoms with Crippen LogP contribution in [0.2, 0.25) is 18.1 Å². The van der Waals surface area contributed by atoms with Crippen LogP contribution in [0.25, 0.3) is 0 Å². The third kappa shape index (κ3) is 6.42. The van der Waals surface area contributed by atoms with Crippen molar-refractivity contribution in [3.05, 3.63) is 32.9 Å². The maximum absolute atomic E-state index is 13.9. The van der Waals surface area contributed by atoms with Crippen molar-refractivity contribution >= 4 is 48.9 Å². The van der Waals surface area contributed by atoms with Crippen LogP contribution in [-0.4, -0.2) is 44.5 Å². The van der Waals surface area contributed by atoms with Crippen molar-refractivity contribution in [1.82, 2.24) is 0 Å². The molecule has 27 heavy (non-hydrogen) atoms. The Bertz CT molecular complexity index is 748. The van der Waals surface area contributed by atoms with Gasteiger partial charge in [-0.05, 0) is 52.9 Å². The maximum Gasteiger partial charge on any atom is 0.319 e. The highest BCUT2D eigenvalue weighted by Gasteiger charge is 2.36. The number of ketones is 1. The fourth-order valence-electron chi connectivity index (χ4n) is 1.90. The molecule has 5 nitrogen and oxygen atoms in total. The monoisotopic (exact) mass is 511 g/mol. The number of aliphatic imine (C=N–C) groups is 1. The van der Waals surface area contributed by atoms with Gasteiger partial charge >= 0.3 is 5.97 Å². The Kier molecular flexibility index (Phi) is 8.24. The minimum absolute atomic E-state index is 0.0301. The van der Waals surface area contributed by atoms with E-state index in [1.807, 2.05) is 0 Å². The highest BCUT2D eigenvalue weighted by atomic mass is 127. The molecule has 0 saturated carbocycles. The number of carboxylic acid groups (broad SMARTS) is 1. The lowest BCUT2D eigenvalue weighted by atomic mass is 9.98. The second kappa shape index (κ2) is 9.33. The number of hydrogen-bond donors (Lipinski definition) is 1. The molecule has 1 aromatic carbocycles. The Morgan fingerprint density at radius 3 is 2.44 bits per heavy atom. The minimum atomic E-state index is -1.95. The predicted octanol–water partition coefficient (Wildman–Crippen LogP) is 4.55. The first-order valence-electron chi connectivity index (χ1n) is 8.33. The number of carbonyl (C=O) groups excluding carboxylic acids is 1. The van der Waals surface area contributed by atoms with Crippen molar-refractivity contribution in [3.63, 3.8) is 0 Å². The van der Waals surface area contributed by atoms with Gasteiger partial charge in [0.2, 0.25) is 0 Å². The first kappa shape index (κ1) is 23.8. The summed E-state index contributed by atoms with van der Waals surface area (Å²) in [6.07, 6.45) is 0.955. The molecule has 0 aliphatic heterocycles. The lowest BCUT2D eigenvalue weighted by Crippen LogP contribution is -2.41. The van der Waals surface area contributed by atoms with Gasteiger partial charge in [0.05, 0.1) is 18.7 Å². The van der Waals surface area contributed by atoms with Gasteiger partial charge in [-0.2, -0.15) is 0 Å². The van der Waals surface area contributed by atoms with Crippen molar-refractivity contribution in [2.75, 3.05) is 13.2 Å². The highest BCUT2D eigenvalue weighted by Crippen LogP contribution is 2.36. The van der Waals surface area contributed by atoms with Crippen LogP contribution in [0, 0.1) is 21.1 Å². The number of rotatable bonds is 8. The number of aliphatic carboxylic acids is 1. The zero-order valence-electron chi connectivity index (χ0n) is 16.0. The molecule has 0 amide bonds. The summed E-state index contributed by atoms with van der Waals surface area (Å²) < 4.78 is 33.6. The fraction of sp³-hybridized carbons (Fsp3) is 0.500. The molecule has 1 unspecified atom stereocenters. The van der Waals surface area contributed by atoms with Gasteiger partial charge in [-0.1, -0.05) is 20.8 Å². The number of nitrogens with zero attached hydrogens (tertiary/aromatic N) is 1. The van der Waals surface area contributed by atoms with Crippen LogP contribution in [0.5, 0.6) is 0 Å². The highest BCUT2D eigenvalue weighted by molar-refractivity contribution is 14.1. The number of carboxylic acids is 1. The quantitative estimate of drug-likeness (QED) is 0.106. The van der Waals surface area contributed by atoms with Gasteiger partial charge in [0.15, 0.2) is 31.7 Å². The van der Waals surface area contributed by atoms with E-state index in [1.54, 1.807) is 22.6 Å². The van der Waals surface area contributed by atoms with Crippen molar-refractivity contribution in [1.29, 1.82) is 0 Å². The molecule has 0 spiro atoms. The van der Waals surface area contributed by atoms with Gasteiger partial charge in [0, 0.05) is 9.78 Å². The molecule has 0 radical (unpaired) electrons. The molecule has 150 valence electrons. The number of carbonyl (C=O) groups is 2. The van der Waals surface area contributed by atoms with E-state index in [0.717, 1.165) is 18.3 Å². The number of hydrogen-bond acceptors (Lipinski definition) is 4. The van der Waals surface area contributed by atoms with Crippen molar-refractivity contribution in [2.24, 2.45) is 10.9 Å². The summed E-state index contributed by atoms with van der Waals surface area (Å²) in [5, 5.41) is 9.30. The smallest absolute Gasteiger partial charge is 0.319 e. The standard InChI is InChI=1S/C18H24F2INO4Si/c1-18(2,3)27(4,5)26-7-6-22-10-13(17(24)25)16(23)12-8-11(21)9-14(19)15(12)20/h8-10,13H,6-7H2,1-5H3,(H,24,25). The van der Waals surface area contributed by atoms with E-state index < -0.39 is 43.2 Å². The van der Waals surface area contributed by atoms with Gasteiger partial charge in [0.25, 0.3) is 0 Å². The molecule has 0 bridgehead atoms. The molecule has 1 rings (SSSR count). The summed E-state index contributed by atoms with van der Waals surface area (Å²) in [6, 6.07) is 2.04. The molecular formula is C18H24F2INO4Si. The summed E-state index contributed by atoms with van der Waals surface area (Å²) in [6.45, 7) is 10.9. The molecule has 1 N–H and O–H groups in total. The molecule has 1 atom stereocenters. The van der Waals surface area contributed by atoms with Crippen LogP contribution in [-0.2, 0) is 9.22 Å². The van der Waals surface area contributed by atoms with Crippen molar-refractivity contribution < 1.29 is 27.9 Å². The predicted molar refractivity (Wildman–Crippen MR) is 111 cm³/mol. The van der Waals surface area contributed by atoms with Gasteiger partial charge in [-0.3, -0.25) is 14.6 Å². The van der Waals surface area contributed by atoms with E-state index in [4.69, 9.17) is 4.43 Å². The van der Waals surface area contributed by atoms with E-state index >= 15 is 0 Å². The molecule has 9 heteroatoms. The molecule has 0 aliphatic rings. The van der Waals surface area contributed by atoms with Gasteiger partial charge in [0.1, 0.15) is 0 Å². The molecule has 1 aromatic rings. The molecule has 0 heterocycles. The van der Waals surface area contributed by atoms with Crippen LogP contribution in [0.4, 0.5) is 8.78 Å². The molecule has 0 aromatic heterocycles. The third-order valence-corrected chi connectivity index (χ3v) is 9.71. The van der Waals surface area contributed by atoms with Gasteiger partial charge < -0.3 is 9.53 Å². The van der Waals surface area contributed by atoms with Crippen LogP contribution < -0.4 is 0 Å². The van der Waals surface area contributed by atoms with Gasteiger partial charge in [-0.25, -0.2) is 8.78 Å². The summed E-state index contributed by atoms with van der Waals surface area (Å²) in [5.74, 6) is -6.78. The maximum atomic E-state index is 13.9. The zero-order chi connectivity index (χ0) is 21.0. The second-order valence-corrected chi connectivity index (χ2v) is 13.6. The molecule has 0 aliphatic carbocycles. The minimum Gasteiger partial charge on any atom is -0.480 e. The van der Waals surface area contributed by atoms with Crippen LogP contribution in [0.3, 0.4) is 0 Å². The van der Waals surface area contributed by atoms with E-state index in [9.17, 15) is 23.5 Å². The van der Waals surface area contributed by atoms with E-state index in [1.165, 1.54) is 0 Å². The van der Waals surface area contributed by atoms with E-state index in [2.05, 4.69) is 38.9 Å². The largest absolute Gasteiger partial charge is 0.480 e. The zero-order valence-corrected chi connectivity index (χ0v) is 19.1. The average Bonchev–Trinajstić information content (AvgIpc) is 2.52. The SMILES string of the molecule is CC(C)(C)[Si](C)(C)OCCN=CC(C(=O)O)C(=O)c1cc(I)cc(F)c1F. The fourth-order valence-corrected chi connectivity index (χ4v) is 3.52. The van der Waals surface area contributed by atoms with Crippen LogP contribution in [0.15, 0.2) is 17.1 Å². The summed E-state index contributed by atoms with van der Waals surface area (Å²) in [7, 11) is -1.95. The lowest BCUT2D eigenvalue weighted by Gasteiger charge is -2.35. The summed E-state index contributed by atoms with van der Waals surface area (Å²) in [4.78, 5) is 27.7. The third-order valence-electron chi connectivity index (χ3n) is 4.55. The molecule has 0 saturated heterocycles. The van der Waals surface area contributed by atoms with Gasteiger partial charge in [-0.15, -0.1) is 0 Å². The Balaban J connectivity index is 2.85. The number of halogens is 3. The second-order valence-electron chi connectivity index (χ2n) is 7.59. The summed E-state index contributed by atoms with van der Waals surface area (Å²) >= 11 is 1.72. The molecule has 0 fully saturated rings. The van der Waals surface area contributed by atoms with E-state index in [0.29, 0.717) is 10.2 Å². The average molecular weight is 511 g/mol. The van der Waals surface area contributed by atoms with Crippen LogP contribution in [0.1, 0.15) is 31.1 Å². The Labute approximate surface area is 172 Å². The molecular weight excluding hydrogens is 487 g/mol. The lowest BCUT2D eigenvalue weighted by molar-refractivity contribution is -0.137. The number of benzene rings is 1. The first-order valence-corrected chi connectivity index (χ1v) is 12.3. The Morgan fingerprint density at radius 2 is 1.93 bits per heavy atom. The topological polar surface area (TPSA) is 76.0 Å². The van der Waals surface area contributed by atoms with Crippen LogP contribution >= 0.6 is 22.6 Å². The Morgan fingerprint density at radius 1 is 1.33 bits per heavy atom. The Hall–Kier alpha value is -1.20. The normalized spacial score (nSPS) is 13.8. The number of Topliss-reactive ketones (excluding diaryl/α,β-unsaturated/α-hetero) is 1. The summed E-state index contributed by atoms with van der Waals surface area (Å²) in [5.41, 5.74) is -0.601. The van der Waals surface area contributed by atoms with Crippen molar-refractivity contribution in [2.45, 2.75) is 38.9 Å². The first-order chi connectivity index (χ1) is 12.3.